The molecule has 0 amide bonds. The standard InChI is InChI=1S/C13H19ClN2O2S/c1-13(2)6-5-10(8-13)16-19(17,18)12-4-3-9(14)7-11(12)15/h3-4,7,10,16H,5-6,8,15H2,1-2H3. The van der Waals surface area contributed by atoms with E-state index in [1.807, 2.05) is 0 Å². The first-order chi connectivity index (χ1) is 8.70. The Morgan fingerprint density at radius 3 is 2.63 bits per heavy atom. The van der Waals surface area contributed by atoms with Crippen LogP contribution in [0.15, 0.2) is 23.1 Å². The van der Waals surface area contributed by atoms with E-state index >= 15 is 0 Å². The van der Waals surface area contributed by atoms with E-state index < -0.39 is 10.0 Å². The van der Waals surface area contributed by atoms with Gasteiger partial charge < -0.3 is 5.73 Å². The number of halogens is 1. The lowest BCUT2D eigenvalue weighted by Gasteiger charge is -2.18. The number of rotatable bonds is 3. The SMILES string of the molecule is CC1(C)CCC(NS(=O)(=O)c2ccc(Cl)cc2N)C1. The van der Waals surface area contributed by atoms with Gasteiger partial charge in [-0.05, 0) is 42.9 Å². The molecule has 1 aliphatic rings. The summed E-state index contributed by atoms with van der Waals surface area (Å²) in [6, 6.07) is 4.41. The maximum Gasteiger partial charge on any atom is 0.242 e. The number of hydrogen-bond donors (Lipinski definition) is 2. The Bertz CT molecular complexity index is 584. The molecule has 1 aromatic carbocycles. The van der Waals surface area contributed by atoms with E-state index in [0.29, 0.717) is 5.02 Å². The monoisotopic (exact) mass is 302 g/mol. The summed E-state index contributed by atoms with van der Waals surface area (Å²) in [4.78, 5) is 0.0987. The van der Waals surface area contributed by atoms with E-state index in [4.69, 9.17) is 17.3 Å². The Morgan fingerprint density at radius 1 is 1.42 bits per heavy atom. The van der Waals surface area contributed by atoms with Crippen LogP contribution in [0.25, 0.3) is 0 Å². The molecule has 0 spiro atoms. The normalized spacial score (nSPS) is 22.6. The van der Waals surface area contributed by atoms with E-state index in [2.05, 4.69) is 18.6 Å². The van der Waals surface area contributed by atoms with Gasteiger partial charge >= 0.3 is 0 Å². The third-order valence-electron chi connectivity index (χ3n) is 3.55. The fraction of sp³-hybridized carbons (Fsp3) is 0.538. The van der Waals surface area contributed by atoms with Gasteiger partial charge in [-0.2, -0.15) is 0 Å². The van der Waals surface area contributed by atoms with Crippen LogP contribution in [-0.2, 0) is 10.0 Å². The summed E-state index contributed by atoms with van der Waals surface area (Å²) < 4.78 is 27.3. The molecular weight excluding hydrogens is 284 g/mol. The molecule has 0 heterocycles. The van der Waals surface area contributed by atoms with Crippen LogP contribution < -0.4 is 10.5 Å². The molecule has 1 aliphatic carbocycles. The highest BCUT2D eigenvalue weighted by Gasteiger charge is 2.33. The third-order valence-corrected chi connectivity index (χ3v) is 5.38. The van der Waals surface area contributed by atoms with E-state index in [1.54, 1.807) is 0 Å². The fourth-order valence-electron chi connectivity index (χ4n) is 2.58. The molecular formula is C13H19ClN2O2S. The third kappa shape index (κ3) is 3.41. The van der Waals surface area contributed by atoms with Crippen molar-refractivity contribution >= 4 is 27.3 Å². The number of nitrogens with one attached hydrogen (secondary N) is 1. The summed E-state index contributed by atoms with van der Waals surface area (Å²) in [7, 11) is -3.57. The molecule has 106 valence electrons. The van der Waals surface area contributed by atoms with Gasteiger partial charge in [0.25, 0.3) is 0 Å². The maximum absolute atomic E-state index is 12.3. The van der Waals surface area contributed by atoms with Crippen LogP contribution in [-0.4, -0.2) is 14.5 Å². The number of anilines is 1. The lowest BCUT2D eigenvalue weighted by molar-refractivity contribution is 0.372. The van der Waals surface area contributed by atoms with Gasteiger partial charge in [-0.25, -0.2) is 13.1 Å². The fourth-order valence-corrected chi connectivity index (χ4v) is 4.15. The Labute approximate surface area is 119 Å². The summed E-state index contributed by atoms with van der Waals surface area (Å²) >= 11 is 5.78. The highest BCUT2D eigenvalue weighted by Crippen LogP contribution is 2.37. The summed E-state index contributed by atoms with van der Waals surface area (Å²) in [5.41, 5.74) is 6.10. The highest BCUT2D eigenvalue weighted by atomic mass is 35.5. The number of nitrogens with two attached hydrogens (primary N) is 1. The molecule has 0 aromatic heterocycles. The van der Waals surface area contributed by atoms with Gasteiger partial charge in [0, 0.05) is 11.1 Å². The molecule has 3 N–H and O–H groups in total. The molecule has 1 atom stereocenters. The molecule has 1 saturated carbocycles. The van der Waals surface area contributed by atoms with Gasteiger partial charge in [0.1, 0.15) is 4.90 Å². The van der Waals surface area contributed by atoms with Crippen molar-refractivity contribution in [2.75, 3.05) is 5.73 Å². The summed E-state index contributed by atoms with van der Waals surface area (Å²) in [6.07, 6.45) is 2.73. The Kier molecular flexibility index (Phi) is 3.82. The second kappa shape index (κ2) is 4.96. The van der Waals surface area contributed by atoms with Gasteiger partial charge in [0.2, 0.25) is 10.0 Å². The van der Waals surface area contributed by atoms with Crippen molar-refractivity contribution in [3.8, 4) is 0 Å². The first kappa shape index (κ1) is 14.6. The van der Waals surface area contributed by atoms with Crippen LogP contribution in [0.5, 0.6) is 0 Å². The van der Waals surface area contributed by atoms with E-state index in [0.717, 1.165) is 19.3 Å². The van der Waals surface area contributed by atoms with E-state index in [-0.39, 0.29) is 22.0 Å². The summed E-state index contributed by atoms with van der Waals surface area (Å²) in [6.45, 7) is 4.30. The molecule has 6 heteroatoms. The molecule has 2 rings (SSSR count). The smallest absolute Gasteiger partial charge is 0.242 e. The van der Waals surface area contributed by atoms with Gasteiger partial charge in [0.15, 0.2) is 0 Å². The van der Waals surface area contributed by atoms with Crippen LogP contribution in [0, 0.1) is 5.41 Å². The second-order valence-electron chi connectivity index (χ2n) is 5.91. The molecule has 0 radical (unpaired) electrons. The lowest BCUT2D eigenvalue weighted by atomic mass is 9.92. The molecule has 19 heavy (non-hydrogen) atoms. The van der Waals surface area contributed by atoms with Gasteiger partial charge in [0.05, 0.1) is 5.69 Å². The summed E-state index contributed by atoms with van der Waals surface area (Å²) in [5.74, 6) is 0. The molecule has 0 saturated heterocycles. The zero-order valence-corrected chi connectivity index (χ0v) is 12.7. The topological polar surface area (TPSA) is 72.2 Å². The molecule has 1 aromatic rings. The van der Waals surface area contributed by atoms with Crippen molar-refractivity contribution in [2.24, 2.45) is 5.41 Å². The Morgan fingerprint density at radius 2 is 2.11 bits per heavy atom. The van der Waals surface area contributed by atoms with Crippen LogP contribution >= 0.6 is 11.6 Å². The number of hydrogen-bond acceptors (Lipinski definition) is 3. The zero-order valence-electron chi connectivity index (χ0n) is 11.1. The quantitative estimate of drug-likeness (QED) is 0.843. The minimum Gasteiger partial charge on any atom is -0.398 e. The van der Waals surface area contributed by atoms with Crippen LogP contribution in [0.2, 0.25) is 5.02 Å². The minimum atomic E-state index is -3.57. The second-order valence-corrected chi connectivity index (χ2v) is 8.03. The van der Waals surface area contributed by atoms with Crippen LogP contribution in [0.1, 0.15) is 33.1 Å². The zero-order chi connectivity index (χ0) is 14.3. The van der Waals surface area contributed by atoms with Crippen LogP contribution in [0.4, 0.5) is 5.69 Å². The number of nitrogen functional groups attached to an aromatic ring is 1. The average Bonchev–Trinajstić information content (AvgIpc) is 2.56. The van der Waals surface area contributed by atoms with Gasteiger partial charge in [-0.1, -0.05) is 25.4 Å². The predicted molar refractivity (Wildman–Crippen MR) is 77.6 cm³/mol. The lowest BCUT2D eigenvalue weighted by Crippen LogP contribution is -2.33. The average molecular weight is 303 g/mol. The van der Waals surface area contributed by atoms with Crippen molar-refractivity contribution in [3.05, 3.63) is 23.2 Å². The summed E-state index contributed by atoms with van der Waals surface area (Å²) in [5, 5.41) is 0.429. The molecule has 0 bridgehead atoms. The Hall–Kier alpha value is -0.780. The minimum absolute atomic E-state index is 0.0184. The first-order valence-corrected chi connectivity index (χ1v) is 8.13. The van der Waals surface area contributed by atoms with Crippen molar-refractivity contribution in [2.45, 2.75) is 44.0 Å². The highest BCUT2D eigenvalue weighted by molar-refractivity contribution is 7.89. The molecule has 1 unspecified atom stereocenters. The van der Waals surface area contributed by atoms with E-state index in [9.17, 15) is 8.42 Å². The predicted octanol–water partition coefficient (Wildman–Crippen LogP) is 2.78. The van der Waals surface area contributed by atoms with Crippen molar-refractivity contribution in [3.63, 3.8) is 0 Å². The van der Waals surface area contributed by atoms with Crippen molar-refractivity contribution in [1.29, 1.82) is 0 Å². The first-order valence-electron chi connectivity index (χ1n) is 6.27. The van der Waals surface area contributed by atoms with E-state index in [1.165, 1.54) is 18.2 Å². The molecule has 0 aliphatic heterocycles. The maximum atomic E-state index is 12.3. The van der Waals surface area contributed by atoms with Crippen molar-refractivity contribution < 1.29 is 8.42 Å². The Balaban J connectivity index is 2.19. The number of benzene rings is 1. The molecule has 4 nitrogen and oxygen atoms in total. The molecule has 1 fully saturated rings. The largest absolute Gasteiger partial charge is 0.398 e. The van der Waals surface area contributed by atoms with Gasteiger partial charge in [-0.3, -0.25) is 0 Å². The van der Waals surface area contributed by atoms with Crippen molar-refractivity contribution in [1.82, 2.24) is 4.72 Å². The van der Waals surface area contributed by atoms with Crippen LogP contribution in [0.3, 0.4) is 0 Å². The number of sulfonamides is 1. The van der Waals surface area contributed by atoms with Gasteiger partial charge in [-0.15, -0.1) is 0 Å².